The van der Waals surface area contributed by atoms with Crippen LogP contribution >= 0.6 is 23.7 Å². The molecule has 2 N–H and O–H groups in total. The monoisotopic (exact) mass is 357 g/mol. The fourth-order valence-electron chi connectivity index (χ4n) is 3.34. The first-order valence-corrected chi connectivity index (χ1v) is 8.93. The molecule has 3 rings (SSSR count). The van der Waals surface area contributed by atoms with Gasteiger partial charge in [0, 0.05) is 18.6 Å². The Morgan fingerprint density at radius 1 is 1.35 bits per heavy atom. The van der Waals surface area contributed by atoms with Crippen LogP contribution in [-0.2, 0) is 4.79 Å². The number of rotatable bonds is 3. The van der Waals surface area contributed by atoms with Gasteiger partial charge in [-0.05, 0) is 50.6 Å². The Labute approximate surface area is 147 Å². The summed E-state index contributed by atoms with van der Waals surface area (Å²) in [6, 6.07) is 3.84. The van der Waals surface area contributed by atoms with E-state index in [9.17, 15) is 9.59 Å². The summed E-state index contributed by atoms with van der Waals surface area (Å²) in [5.74, 6) is -0.00887. The lowest BCUT2D eigenvalue weighted by atomic mass is 9.99. The number of thiophene rings is 1. The average molecular weight is 358 g/mol. The van der Waals surface area contributed by atoms with E-state index in [-0.39, 0.29) is 36.3 Å². The van der Waals surface area contributed by atoms with Gasteiger partial charge in [0.25, 0.3) is 5.91 Å². The van der Waals surface area contributed by atoms with E-state index in [1.165, 1.54) is 11.3 Å². The number of likely N-dealkylation sites (tertiary alicyclic amines) is 1. The van der Waals surface area contributed by atoms with Crippen molar-refractivity contribution >= 4 is 35.6 Å². The molecular formula is C16H24ClN3O2S. The molecule has 0 bridgehead atoms. The van der Waals surface area contributed by atoms with Crippen molar-refractivity contribution in [1.29, 1.82) is 0 Å². The van der Waals surface area contributed by atoms with Crippen LogP contribution in [-0.4, -0.2) is 47.9 Å². The summed E-state index contributed by atoms with van der Waals surface area (Å²) in [5.41, 5.74) is 0. The number of carbonyl (C=O) groups is 2. The number of nitrogens with one attached hydrogen (secondary N) is 2. The van der Waals surface area contributed by atoms with Gasteiger partial charge in [-0.3, -0.25) is 9.59 Å². The summed E-state index contributed by atoms with van der Waals surface area (Å²) < 4.78 is 0. The van der Waals surface area contributed by atoms with E-state index in [4.69, 9.17) is 0 Å². The molecule has 2 fully saturated rings. The first kappa shape index (κ1) is 18.2. The smallest absolute Gasteiger partial charge is 0.264 e. The predicted molar refractivity (Wildman–Crippen MR) is 94.3 cm³/mol. The van der Waals surface area contributed by atoms with Crippen molar-refractivity contribution in [2.24, 2.45) is 0 Å². The molecule has 2 aliphatic rings. The molecule has 1 aromatic heterocycles. The van der Waals surface area contributed by atoms with Gasteiger partial charge in [0.2, 0.25) is 5.91 Å². The van der Waals surface area contributed by atoms with Crippen LogP contribution in [0.25, 0.3) is 0 Å². The number of halogens is 1. The van der Waals surface area contributed by atoms with Gasteiger partial charge >= 0.3 is 0 Å². The number of carbonyl (C=O) groups excluding carboxylic acids is 2. The van der Waals surface area contributed by atoms with E-state index in [2.05, 4.69) is 17.6 Å². The summed E-state index contributed by atoms with van der Waals surface area (Å²) in [5, 5.41) is 8.44. The van der Waals surface area contributed by atoms with Crippen molar-refractivity contribution in [2.45, 2.75) is 50.7 Å². The fourth-order valence-corrected chi connectivity index (χ4v) is 4.02. The molecule has 1 aromatic rings. The van der Waals surface area contributed by atoms with Gasteiger partial charge in [-0.1, -0.05) is 6.07 Å². The number of amides is 2. The minimum atomic E-state index is -0.316. The first-order chi connectivity index (χ1) is 10.7. The molecule has 5 nitrogen and oxygen atoms in total. The molecule has 23 heavy (non-hydrogen) atoms. The van der Waals surface area contributed by atoms with Gasteiger partial charge in [0.1, 0.15) is 6.04 Å². The number of hydrogen-bond acceptors (Lipinski definition) is 4. The molecule has 0 aliphatic carbocycles. The predicted octanol–water partition coefficient (Wildman–Crippen LogP) is 2.03. The average Bonchev–Trinajstić information content (AvgIpc) is 3.20. The van der Waals surface area contributed by atoms with Gasteiger partial charge in [0.15, 0.2) is 0 Å². The van der Waals surface area contributed by atoms with Gasteiger partial charge in [-0.15, -0.1) is 23.7 Å². The molecular weight excluding hydrogens is 334 g/mol. The number of piperidine rings is 1. The van der Waals surface area contributed by atoms with Crippen LogP contribution in [0.2, 0.25) is 0 Å². The summed E-state index contributed by atoms with van der Waals surface area (Å²) in [6.07, 6.45) is 3.74. The van der Waals surface area contributed by atoms with Crippen LogP contribution in [0, 0.1) is 0 Å². The second-order valence-corrected chi connectivity index (χ2v) is 7.08. The third-order valence-electron chi connectivity index (χ3n) is 4.64. The molecule has 7 heteroatoms. The van der Waals surface area contributed by atoms with Crippen LogP contribution in [0.15, 0.2) is 17.5 Å². The van der Waals surface area contributed by atoms with E-state index < -0.39 is 0 Å². The Morgan fingerprint density at radius 2 is 2.17 bits per heavy atom. The minimum absolute atomic E-state index is 0. The number of hydrogen-bond donors (Lipinski definition) is 2. The SMILES string of the molecule is CC1NCCCC1NC(=O)C1CCCN1C(=O)c1cccs1.Cl. The molecule has 2 saturated heterocycles. The standard InChI is InChI=1S/C16H23N3O2S.ClH/c1-11-12(5-2-8-17-11)18-15(20)13-6-3-9-19(13)16(21)14-7-4-10-22-14;/h4,7,10-13,17H,2-3,5-6,8-9H2,1H3,(H,18,20);1H. The summed E-state index contributed by atoms with van der Waals surface area (Å²) >= 11 is 1.43. The maximum atomic E-state index is 12.6. The Kier molecular flexibility index (Phi) is 6.44. The fraction of sp³-hybridized carbons (Fsp3) is 0.625. The normalized spacial score (nSPS) is 27.3. The molecule has 128 valence electrons. The highest BCUT2D eigenvalue weighted by Gasteiger charge is 2.36. The van der Waals surface area contributed by atoms with Crippen molar-refractivity contribution in [2.75, 3.05) is 13.1 Å². The highest BCUT2D eigenvalue weighted by Crippen LogP contribution is 2.23. The zero-order chi connectivity index (χ0) is 15.5. The third-order valence-corrected chi connectivity index (χ3v) is 5.50. The van der Waals surface area contributed by atoms with Gasteiger partial charge in [-0.2, -0.15) is 0 Å². The Morgan fingerprint density at radius 3 is 2.87 bits per heavy atom. The van der Waals surface area contributed by atoms with E-state index in [0.717, 1.165) is 32.2 Å². The Balaban J connectivity index is 0.00000192. The van der Waals surface area contributed by atoms with Crippen molar-refractivity contribution in [3.05, 3.63) is 22.4 Å². The topological polar surface area (TPSA) is 61.4 Å². The summed E-state index contributed by atoms with van der Waals surface area (Å²) in [7, 11) is 0. The molecule has 0 spiro atoms. The third kappa shape index (κ3) is 4.05. The van der Waals surface area contributed by atoms with Crippen molar-refractivity contribution in [3.8, 4) is 0 Å². The summed E-state index contributed by atoms with van der Waals surface area (Å²) in [4.78, 5) is 27.6. The van der Waals surface area contributed by atoms with Crippen LogP contribution < -0.4 is 10.6 Å². The van der Waals surface area contributed by atoms with Crippen LogP contribution in [0.5, 0.6) is 0 Å². The van der Waals surface area contributed by atoms with Crippen LogP contribution in [0.4, 0.5) is 0 Å². The van der Waals surface area contributed by atoms with E-state index >= 15 is 0 Å². The molecule has 2 amide bonds. The van der Waals surface area contributed by atoms with E-state index in [0.29, 0.717) is 17.5 Å². The van der Waals surface area contributed by atoms with Crippen LogP contribution in [0.1, 0.15) is 42.3 Å². The molecule has 3 unspecified atom stereocenters. The maximum Gasteiger partial charge on any atom is 0.264 e. The Hall–Kier alpha value is -1.11. The van der Waals surface area contributed by atoms with E-state index in [1.54, 1.807) is 4.90 Å². The molecule has 0 radical (unpaired) electrons. The van der Waals surface area contributed by atoms with Crippen molar-refractivity contribution in [3.63, 3.8) is 0 Å². The quantitative estimate of drug-likeness (QED) is 0.870. The zero-order valence-electron chi connectivity index (χ0n) is 13.3. The molecule has 3 heterocycles. The van der Waals surface area contributed by atoms with E-state index in [1.807, 2.05) is 17.5 Å². The highest BCUT2D eigenvalue weighted by molar-refractivity contribution is 7.12. The first-order valence-electron chi connectivity index (χ1n) is 8.05. The lowest BCUT2D eigenvalue weighted by Crippen LogP contribution is -2.56. The van der Waals surface area contributed by atoms with Crippen molar-refractivity contribution < 1.29 is 9.59 Å². The molecule has 0 aromatic carbocycles. The maximum absolute atomic E-state index is 12.6. The number of nitrogens with zero attached hydrogens (tertiary/aromatic N) is 1. The lowest BCUT2D eigenvalue weighted by Gasteiger charge is -2.32. The Bertz CT molecular complexity index is 537. The minimum Gasteiger partial charge on any atom is -0.350 e. The van der Waals surface area contributed by atoms with Crippen molar-refractivity contribution in [1.82, 2.24) is 15.5 Å². The second-order valence-electron chi connectivity index (χ2n) is 6.13. The van der Waals surface area contributed by atoms with Gasteiger partial charge < -0.3 is 15.5 Å². The van der Waals surface area contributed by atoms with Gasteiger partial charge in [0.05, 0.1) is 4.88 Å². The summed E-state index contributed by atoms with van der Waals surface area (Å²) in [6.45, 7) is 3.79. The molecule has 0 saturated carbocycles. The zero-order valence-corrected chi connectivity index (χ0v) is 14.9. The largest absolute Gasteiger partial charge is 0.350 e. The second kappa shape index (κ2) is 8.13. The molecule has 2 aliphatic heterocycles. The van der Waals surface area contributed by atoms with Crippen LogP contribution in [0.3, 0.4) is 0 Å². The molecule has 3 atom stereocenters. The van der Waals surface area contributed by atoms with Gasteiger partial charge in [-0.25, -0.2) is 0 Å². The lowest BCUT2D eigenvalue weighted by molar-refractivity contribution is -0.125. The highest BCUT2D eigenvalue weighted by atomic mass is 35.5.